The molecule has 1 spiro atoms. The molecule has 0 aliphatic carbocycles. The van der Waals surface area contributed by atoms with Crippen LogP contribution >= 0.6 is 34.5 Å². The predicted molar refractivity (Wildman–Crippen MR) is 139 cm³/mol. The summed E-state index contributed by atoms with van der Waals surface area (Å²) in [7, 11) is -3.77. The minimum absolute atomic E-state index is 0.0380. The van der Waals surface area contributed by atoms with E-state index in [1.54, 1.807) is 0 Å². The topological polar surface area (TPSA) is 78.5 Å². The quantitative estimate of drug-likeness (QED) is 0.475. The summed E-state index contributed by atoms with van der Waals surface area (Å²) in [6.45, 7) is 0.512. The minimum atomic E-state index is -3.77. The van der Waals surface area contributed by atoms with Gasteiger partial charge in [0.15, 0.2) is 0 Å². The number of piperidine rings is 1. The Morgan fingerprint density at radius 3 is 1.94 bits per heavy atom. The largest absolute Gasteiger partial charge is 0.336 e. The summed E-state index contributed by atoms with van der Waals surface area (Å²) in [6, 6.07) is 21.3. The Balaban J connectivity index is 1.39. The summed E-state index contributed by atoms with van der Waals surface area (Å²) < 4.78 is 28.3. The van der Waals surface area contributed by atoms with Gasteiger partial charge in [-0.15, -0.1) is 11.3 Å². The Kier molecular flexibility index (Phi) is 6.72. The van der Waals surface area contributed by atoms with Crippen LogP contribution in [-0.2, 0) is 27.7 Å². The van der Waals surface area contributed by atoms with Crippen molar-refractivity contribution in [2.75, 3.05) is 13.1 Å². The summed E-state index contributed by atoms with van der Waals surface area (Å²) >= 11 is 13.2. The molecule has 2 N–H and O–H groups in total. The number of amides is 1. The molecule has 2 fully saturated rings. The van der Waals surface area contributed by atoms with Gasteiger partial charge in [0.05, 0.1) is 10.00 Å². The van der Waals surface area contributed by atoms with Gasteiger partial charge >= 0.3 is 0 Å². The van der Waals surface area contributed by atoms with Crippen LogP contribution in [0.2, 0.25) is 8.67 Å². The molecule has 35 heavy (non-hydrogen) atoms. The van der Waals surface area contributed by atoms with Crippen molar-refractivity contribution >= 4 is 50.5 Å². The molecule has 10 heteroatoms. The lowest BCUT2D eigenvalue weighted by molar-refractivity contribution is -0.124. The fourth-order valence-corrected chi connectivity index (χ4v) is 8.64. The normalized spacial score (nSPS) is 19.7. The highest BCUT2D eigenvalue weighted by Crippen LogP contribution is 2.38. The first-order chi connectivity index (χ1) is 16.7. The van der Waals surface area contributed by atoms with Gasteiger partial charge in [-0.05, 0) is 42.9 Å². The second-order valence-corrected chi connectivity index (χ2v) is 13.4. The van der Waals surface area contributed by atoms with Crippen molar-refractivity contribution < 1.29 is 13.2 Å². The van der Waals surface area contributed by atoms with Crippen LogP contribution < -0.4 is 10.6 Å². The molecule has 1 aromatic heterocycles. The van der Waals surface area contributed by atoms with E-state index in [1.807, 2.05) is 60.7 Å². The smallest absolute Gasteiger partial charge is 0.245 e. The van der Waals surface area contributed by atoms with Gasteiger partial charge in [0.2, 0.25) is 15.9 Å². The van der Waals surface area contributed by atoms with Crippen LogP contribution in [0, 0.1) is 0 Å². The number of hydrogen-bond acceptors (Lipinski definition) is 5. The Bertz CT molecular complexity index is 1280. The number of nitrogens with zero attached hydrogens (tertiary/aromatic N) is 1. The highest BCUT2D eigenvalue weighted by molar-refractivity contribution is 7.89. The van der Waals surface area contributed by atoms with E-state index in [-0.39, 0.29) is 28.2 Å². The Hall–Kier alpha value is -1.94. The molecule has 0 bridgehead atoms. The molecular formula is C25H25Cl2N3O3S2. The van der Waals surface area contributed by atoms with Crippen LogP contribution in [0.5, 0.6) is 0 Å². The van der Waals surface area contributed by atoms with Crippen molar-refractivity contribution in [3.63, 3.8) is 0 Å². The highest BCUT2D eigenvalue weighted by Gasteiger charge is 2.55. The highest BCUT2D eigenvalue weighted by atomic mass is 35.5. The van der Waals surface area contributed by atoms with Gasteiger partial charge in [0.25, 0.3) is 0 Å². The summed E-state index contributed by atoms with van der Waals surface area (Å²) in [4.78, 5) is 13.6. The molecule has 0 atom stereocenters. The maximum Gasteiger partial charge on any atom is 0.245 e. The van der Waals surface area contributed by atoms with Crippen molar-refractivity contribution in [1.82, 2.24) is 14.9 Å². The number of sulfonamides is 1. The van der Waals surface area contributed by atoms with E-state index in [9.17, 15) is 13.2 Å². The molecular weight excluding hydrogens is 525 g/mol. The molecule has 0 radical (unpaired) electrons. The molecule has 184 valence electrons. The molecule has 2 aliphatic heterocycles. The molecule has 3 heterocycles. The fourth-order valence-electron chi connectivity index (χ4n) is 5.08. The fraction of sp³-hybridized carbons (Fsp3) is 0.320. The molecule has 1 amide bonds. The first-order valence-electron chi connectivity index (χ1n) is 11.4. The van der Waals surface area contributed by atoms with E-state index in [2.05, 4.69) is 10.6 Å². The van der Waals surface area contributed by atoms with E-state index < -0.39 is 21.2 Å². The lowest BCUT2D eigenvalue weighted by atomic mass is 9.84. The third-order valence-corrected chi connectivity index (χ3v) is 10.4. The van der Waals surface area contributed by atoms with Gasteiger partial charge < -0.3 is 5.32 Å². The average Bonchev–Trinajstić information content (AvgIpc) is 3.31. The van der Waals surface area contributed by atoms with Crippen LogP contribution in [0.1, 0.15) is 24.0 Å². The van der Waals surface area contributed by atoms with Gasteiger partial charge in [0, 0.05) is 13.1 Å². The maximum atomic E-state index is 13.6. The summed E-state index contributed by atoms with van der Waals surface area (Å²) in [5, 5.41) is 6.88. The van der Waals surface area contributed by atoms with Crippen molar-refractivity contribution in [3.8, 4) is 0 Å². The number of halogens is 2. The van der Waals surface area contributed by atoms with Gasteiger partial charge in [-0.25, -0.2) is 8.42 Å². The standard InChI is InChI=1S/C25H25Cl2N3O3S2/c26-21-15-20(22(27)34-21)35(32,33)30-13-11-25(12-14-30)28-23(31)24(29-25,16-18-7-3-1-4-8-18)17-19-9-5-2-6-10-19/h1-10,15,29H,11-14,16-17H2,(H,28,31). The SMILES string of the molecule is O=C1NC2(CCN(S(=O)(=O)c3cc(Cl)sc3Cl)CC2)NC1(Cc1ccccc1)Cc1ccccc1. The molecule has 2 aliphatic rings. The van der Waals surface area contributed by atoms with Crippen molar-refractivity contribution in [3.05, 3.63) is 86.5 Å². The molecule has 5 rings (SSSR count). The molecule has 0 saturated carbocycles. The van der Waals surface area contributed by atoms with E-state index >= 15 is 0 Å². The van der Waals surface area contributed by atoms with Crippen LogP contribution in [0.3, 0.4) is 0 Å². The summed E-state index contributed by atoms with van der Waals surface area (Å²) in [6.07, 6.45) is 1.94. The summed E-state index contributed by atoms with van der Waals surface area (Å²) in [5.74, 6) is -0.0609. The second kappa shape index (κ2) is 9.50. The van der Waals surface area contributed by atoms with Gasteiger partial charge in [-0.3, -0.25) is 10.1 Å². The summed E-state index contributed by atoms with van der Waals surface area (Å²) in [5.41, 5.74) is 0.607. The first-order valence-corrected chi connectivity index (χ1v) is 14.4. The van der Waals surface area contributed by atoms with Crippen LogP contribution in [-0.4, -0.2) is 42.9 Å². The predicted octanol–water partition coefficient (Wildman–Crippen LogP) is 4.48. The second-order valence-electron chi connectivity index (χ2n) is 9.16. The van der Waals surface area contributed by atoms with Crippen LogP contribution in [0.15, 0.2) is 71.6 Å². The zero-order chi connectivity index (χ0) is 24.7. The zero-order valence-electron chi connectivity index (χ0n) is 18.8. The number of carbonyl (C=O) groups excluding carboxylic acids is 1. The lowest BCUT2D eigenvalue weighted by Gasteiger charge is -2.40. The third-order valence-electron chi connectivity index (χ3n) is 6.78. The Morgan fingerprint density at radius 2 is 1.46 bits per heavy atom. The van der Waals surface area contributed by atoms with Gasteiger partial charge in [-0.2, -0.15) is 4.31 Å². The number of carbonyl (C=O) groups is 1. The van der Waals surface area contributed by atoms with E-state index in [0.29, 0.717) is 30.0 Å². The van der Waals surface area contributed by atoms with Gasteiger partial charge in [-0.1, -0.05) is 83.9 Å². The number of benzene rings is 2. The number of nitrogens with one attached hydrogen (secondary N) is 2. The van der Waals surface area contributed by atoms with Crippen LogP contribution in [0.4, 0.5) is 0 Å². The van der Waals surface area contributed by atoms with Crippen molar-refractivity contribution in [2.24, 2.45) is 0 Å². The van der Waals surface area contributed by atoms with E-state index in [4.69, 9.17) is 23.2 Å². The first kappa shape index (κ1) is 24.7. The molecule has 0 unspecified atom stereocenters. The monoisotopic (exact) mass is 549 g/mol. The zero-order valence-corrected chi connectivity index (χ0v) is 22.0. The molecule has 3 aromatic rings. The van der Waals surface area contributed by atoms with E-state index in [0.717, 1.165) is 22.5 Å². The van der Waals surface area contributed by atoms with Crippen LogP contribution in [0.25, 0.3) is 0 Å². The number of hydrogen-bond donors (Lipinski definition) is 2. The van der Waals surface area contributed by atoms with Gasteiger partial charge in [0.1, 0.15) is 14.8 Å². The van der Waals surface area contributed by atoms with E-state index in [1.165, 1.54) is 10.4 Å². The maximum absolute atomic E-state index is 13.6. The lowest BCUT2D eigenvalue weighted by Crippen LogP contribution is -2.60. The van der Waals surface area contributed by atoms with Crippen molar-refractivity contribution in [1.29, 1.82) is 0 Å². The van der Waals surface area contributed by atoms with Crippen molar-refractivity contribution in [2.45, 2.75) is 41.8 Å². The average molecular weight is 551 g/mol. The molecule has 2 aromatic carbocycles. The Labute approximate surface area is 219 Å². The molecule has 6 nitrogen and oxygen atoms in total. The third kappa shape index (κ3) is 4.88. The minimum Gasteiger partial charge on any atom is -0.336 e. The number of rotatable bonds is 6. The Morgan fingerprint density at radius 1 is 0.914 bits per heavy atom. The number of thiophene rings is 1. The molecule has 2 saturated heterocycles.